The number of benzene rings is 7. The number of halogens is 2. The third-order valence-corrected chi connectivity index (χ3v) is 23.0. The van der Waals surface area contributed by atoms with Gasteiger partial charge >= 0.3 is 36.0 Å². The number of ketones is 2. The van der Waals surface area contributed by atoms with Crippen molar-refractivity contribution in [2.45, 2.75) is 168 Å². The highest BCUT2D eigenvalue weighted by Gasteiger charge is 2.37. The monoisotopic (exact) mass is 2000 g/mol. The maximum atomic E-state index is 13.3. The molecule has 36 heteroatoms. The number of esters is 2. The molecule has 0 aliphatic heterocycles. The van der Waals surface area contributed by atoms with Gasteiger partial charge in [0.25, 0.3) is 0 Å². The number of aliphatic hydroxyl groups is 2. The Morgan fingerprint density at radius 2 is 0.823 bits per heavy atom. The number of Topliss-reactive ketones (excluding diaryl/α,β-unsaturated/α-hetero) is 2. The van der Waals surface area contributed by atoms with Crippen molar-refractivity contribution in [2.75, 3.05) is 150 Å². The third kappa shape index (κ3) is 49.6. The third-order valence-electron chi connectivity index (χ3n) is 22.0. The van der Waals surface area contributed by atoms with Gasteiger partial charge in [0.2, 0.25) is 17.7 Å². The largest absolute Gasteiger partial charge is 0.481 e. The molecule has 0 saturated heterocycles. The number of nitrogens with one attached hydrogen (secondary N) is 6. The van der Waals surface area contributed by atoms with Gasteiger partial charge in [-0.2, -0.15) is 0 Å². The second-order valence-electron chi connectivity index (χ2n) is 33.8. The van der Waals surface area contributed by atoms with E-state index in [1.165, 1.54) is 12.7 Å². The average molecular weight is 2010 g/mol. The van der Waals surface area contributed by atoms with Gasteiger partial charge in [-0.15, -0.1) is 11.6 Å². The first-order valence-electron chi connectivity index (χ1n) is 47.8. The number of methoxy groups -OCH3 is 1. The minimum absolute atomic E-state index is 0.0299. The van der Waals surface area contributed by atoms with Crippen LogP contribution in [0.4, 0.5) is 25.8 Å². The Labute approximate surface area is 838 Å². The minimum atomic E-state index is -1.10. The first kappa shape index (κ1) is 122. The summed E-state index contributed by atoms with van der Waals surface area (Å²) in [5.74, 6) is -6.32. The van der Waals surface area contributed by atoms with E-state index in [2.05, 4.69) is 94.3 Å². The maximum absolute atomic E-state index is 13.3. The van der Waals surface area contributed by atoms with E-state index < -0.39 is 70.7 Å². The number of aryl methyl sites for hydroxylation is 1. The number of carboxylic acid groups (broad SMARTS) is 1. The van der Waals surface area contributed by atoms with Crippen LogP contribution in [0.5, 0.6) is 0 Å². The van der Waals surface area contributed by atoms with Crippen LogP contribution in [0.25, 0.3) is 11.1 Å². The lowest BCUT2D eigenvalue weighted by Crippen LogP contribution is -2.45. The molecule has 1 aliphatic carbocycles. The molecule has 1 aliphatic rings. The first-order chi connectivity index (χ1) is 67.8. The van der Waals surface area contributed by atoms with E-state index in [1.807, 2.05) is 99.6 Å². The highest BCUT2D eigenvalue weighted by atomic mass is 35.5. The highest BCUT2D eigenvalue weighted by Crippen LogP contribution is 2.47. The summed E-state index contributed by atoms with van der Waals surface area (Å²) in [6.45, 7) is 21.6. The number of ether oxygens (including phenoxy) is 10. The normalized spacial score (nSPS) is 12.7. The Morgan fingerprint density at radius 1 is 0.447 bits per heavy atom. The molecule has 0 radical (unpaired) electrons. The quantitative estimate of drug-likeness (QED) is 0.00553. The molecular formula is C105H148Cl2N10O24. The molecule has 0 fully saturated rings. The van der Waals surface area contributed by atoms with E-state index in [0.717, 1.165) is 76.3 Å². The van der Waals surface area contributed by atoms with Crippen LogP contribution >= 0.6 is 23.2 Å². The molecule has 776 valence electrons. The molecule has 1 unspecified atom stereocenters. The van der Waals surface area contributed by atoms with Crippen molar-refractivity contribution in [3.8, 4) is 11.1 Å². The maximum Gasteiger partial charge on any atom is 0.312 e. The molecular weight excluding hydrogens is 1860 g/mol. The lowest BCUT2D eigenvalue weighted by Gasteiger charge is -2.30. The number of primary amides is 3. The second-order valence-corrected chi connectivity index (χ2v) is 34.8. The van der Waals surface area contributed by atoms with Gasteiger partial charge in [0.1, 0.15) is 11.5 Å². The van der Waals surface area contributed by atoms with Crippen molar-refractivity contribution < 1.29 is 115 Å². The summed E-state index contributed by atoms with van der Waals surface area (Å²) in [7, 11) is 1.29. The smallest absolute Gasteiger partial charge is 0.312 e. The number of urea groups is 3. The molecule has 0 saturated carbocycles. The van der Waals surface area contributed by atoms with E-state index in [9.17, 15) is 63.0 Å². The number of fused-ring (bicyclic) bond motifs is 3. The van der Waals surface area contributed by atoms with E-state index in [1.54, 1.807) is 62.4 Å². The predicted molar refractivity (Wildman–Crippen MR) is 542 cm³/mol. The molecule has 34 nitrogen and oxygen atoms in total. The number of aliphatic carboxylic acids is 1. The molecule has 0 heterocycles. The van der Waals surface area contributed by atoms with Crippen LogP contribution in [-0.4, -0.2) is 232 Å². The van der Waals surface area contributed by atoms with E-state index in [0.29, 0.717) is 134 Å². The second kappa shape index (κ2) is 71.8. The van der Waals surface area contributed by atoms with Gasteiger partial charge in [0.05, 0.1) is 143 Å². The van der Waals surface area contributed by atoms with Crippen molar-refractivity contribution in [2.24, 2.45) is 46.8 Å². The van der Waals surface area contributed by atoms with Gasteiger partial charge in [-0.3, -0.25) is 38.4 Å². The number of alkyl halides is 1. The Kier molecular flexibility index (Phi) is 62.1. The molecule has 7 aromatic carbocycles. The molecule has 141 heavy (non-hydrogen) atoms. The lowest BCUT2D eigenvalue weighted by atomic mass is 9.84. The summed E-state index contributed by atoms with van der Waals surface area (Å²) < 4.78 is 53.5. The van der Waals surface area contributed by atoms with Crippen LogP contribution in [-0.2, 0) is 104 Å². The van der Waals surface area contributed by atoms with Gasteiger partial charge in [-0.05, 0) is 145 Å². The first-order valence-corrected chi connectivity index (χ1v) is 48.6. The zero-order valence-electron chi connectivity index (χ0n) is 82.6. The zero-order chi connectivity index (χ0) is 104. The molecule has 0 bridgehead atoms. The summed E-state index contributed by atoms with van der Waals surface area (Å²) in [4.78, 5) is 132. The topological polar surface area (TPSA) is 517 Å². The summed E-state index contributed by atoms with van der Waals surface area (Å²) in [6.07, 6.45) is 3.93. The number of hydrogen-bond acceptors (Lipinski definition) is 24. The van der Waals surface area contributed by atoms with Crippen LogP contribution in [0.15, 0.2) is 176 Å². The fourth-order valence-corrected chi connectivity index (χ4v) is 15.2. The molecule has 17 N–H and O–H groups in total. The average Bonchev–Trinajstić information content (AvgIpc) is 1.74. The molecule has 9 amide bonds. The van der Waals surface area contributed by atoms with E-state index in [-0.39, 0.29) is 132 Å². The van der Waals surface area contributed by atoms with Crippen LogP contribution < -0.4 is 54.8 Å². The predicted octanol–water partition coefficient (Wildman–Crippen LogP) is 13.2. The van der Waals surface area contributed by atoms with Crippen LogP contribution in [0.2, 0.25) is 5.02 Å². The zero-order valence-corrected chi connectivity index (χ0v) is 84.1. The minimum Gasteiger partial charge on any atom is -0.481 e. The summed E-state index contributed by atoms with van der Waals surface area (Å²) >= 11 is 13.6. The van der Waals surface area contributed by atoms with Crippen molar-refractivity contribution in [3.63, 3.8) is 0 Å². The molecule has 7 aromatic rings. The molecule has 0 aromatic heterocycles. The van der Waals surface area contributed by atoms with Gasteiger partial charge in [0, 0.05) is 92.3 Å². The molecule has 8 rings (SSSR count). The number of aliphatic hydroxyl groups excluding tert-OH is 2. The highest BCUT2D eigenvalue weighted by molar-refractivity contribution is 6.35. The Bertz CT molecular complexity index is 4750. The number of carbonyl (C=O) groups is 11. The summed E-state index contributed by atoms with van der Waals surface area (Å²) in [6, 6.07) is 52.6. The van der Waals surface area contributed by atoms with Gasteiger partial charge in [-0.25, -0.2) is 14.4 Å². The van der Waals surface area contributed by atoms with Crippen LogP contribution in [0.1, 0.15) is 175 Å². The van der Waals surface area contributed by atoms with Gasteiger partial charge < -0.3 is 118 Å². The number of rotatable bonds is 63. The molecule has 6 atom stereocenters. The fourth-order valence-electron chi connectivity index (χ4n) is 14.5. The number of nitrogen functional groups attached to an aromatic ring is 1. The van der Waals surface area contributed by atoms with Crippen LogP contribution in [0.3, 0.4) is 0 Å². The standard InChI is InChI=1S/C31H52N4O9.C24H45N3O9.C23H26N2O5.C20H16Cl2.C7H9NO/c1-4-13-41-15-17-43-19-20-44-18-16-42-14-11-28(38)35-29(23(2)3)27(37)21-25(6-5-12-33-31(32)40)30(39)34-26-9-7-24(22-36)8-10-26;1-4-9-33-11-13-35-15-16-36-14-12-34-10-7-21(29)27-22(18(2)3)20(28)17-19(23(30)31)6-5-8-26-24(25)32;1-29-22(27)15(7-6-12-25-23(24)28)13-21(26)30-14-20-18-10-4-2-8-16(18)17-9-3-5-11-19(17)20;1-15-11-13-17(14-12-15)20(22,16-7-3-2-4-8-16)18-9-5-6-10-19(18)21;8-7-3-1-6(5-9)2-4-7/h7-10,23,25,29,36H,4-6,11-22H2,1-3H3,(H,34,39)(H,35,38)(H3,32,33,40);18-19,22H,4-17H2,1-3H3,(H,27,29)(H,30,31)(H3,25,26,32);2-5,8-11,15,20H,6-7,12-14H2,1H3,(H3,24,25,28);2-14H,1H3;1-4,9H,5,8H2/t25-,29+;19-,22+;15-;;/m111../s1. The van der Waals surface area contributed by atoms with E-state index >= 15 is 0 Å². The number of carboxylic acids is 1. The fraction of sp³-hybridized carbons (Fsp3) is 0.495. The number of anilines is 2. The number of amides is 9. The Morgan fingerprint density at radius 3 is 1.23 bits per heavy atom. The van der Waals surface area contributed by atoms with Crippen LogP contribution in [0, 0.1) is 36.5 Å². The molecule has 0 spiro atoms. The number of carbonyl (C=O) groups excluding carboxylic acids is 10. The number of nitrogens with two attached hydrogens (primary N) is 4. The summed E-state index contributed by atoms with van der Waals surface area (Å²) in [5, 5.41) is 43.6. The summed E-state index contributed by atoms with van der Waals surface area (Å²) in [5.41, 5.74) is 32.1. The van der Waals surface area contributed by atoms with Crippen molar-refractivity contribution >= 4 is 99.9 Å². The van der Waals surface area contributed by atoms with Gasteiger partial charge in [-0.1, -0.05) is 204 Å². The Hall–Kier alpha value is -11.5. The SMILES string of the molecule is CCCOCCOCCOCCOCCC(=O)N[C@H](C(=O)C[C@@H](CCCNC(N)=O)C(=O)Nc1ccc(CO)cc1)C(C)C.CCCOCCOCCOCCOCCC(=O)N[C@H](C(=O)C[C@@H](CCCNC(N)=O)C(=O)O)C(C)C.COC(=O)[C@H](CCCNC(N)=O)CC(=O)OCC1c2ccccc2-c2ccccc21.Cc1ccc(C(Cl)(c2ccccc2)c2ccccc2Cl)cc1.Nc1ccc(CO)cc1. The van der Waals surface area contributed by atoms with Crippen molar-refractivity contribution in [1.29, 1.82) is 0 Å². The lowest BCUT2D eigenvalue weighted by molar-refractivity contribution is -0.153. The van der Waals surface area contributed by atoms with E-state index in [4.69, 9.17) is 98.6 Å². The van der Waals surface area contributed by atoms with Gasteiger partial charge in [0.15, 0.2) is 11.6 Å². The Balaban J connectivity index is 0.000000387. The number of hydrogen-bond donors (Lipinski definition) is 13. The van der Waals surface area contributed by atoms with Crippen molar-refractivity contribution in [1.82, 2.24) is 26.6 Å². The van der Waals surface area contributed by atoms with Crippen molar-refractivity contribution in [3.05, 3.63) is 225 Å².